The number of amides is 2. The topological polar surface area (TPSA) is 142 Å². The Kier molecular flexibility index (Phi) is 7.51. The molecule has 0 aromatic heterocycles. The number of methoxy groups -OCH3 is 3. The number of morpholine rings is 1. The summed E-state index contributed by atoms with van der Waals surface area (Å²) >= 11 is 0. The van der Waals surface area contributed by atoms with Gasteiger partial charge in [0, 0.05) is 30.3 Å². The molecule has 2 aromatic rings. The molecule has 2 aromatic carbocycles. The van der Waals surface area contributed by atoms with E-state index in [1.54, 1.807) is 0 Å². The van der Waals surface area contributed by atoms with Crippen LogP contribution in [0.2, 0.25) is 0 Å². The molecule has 1 heterocycles. The number of anilines is 1. The smallest absolute Gasteiger partial charge is 0.293 e. The molecule has 0 bridgehead atoms. The highest BCUT2D eigenvalue weighted by Gasteiger charge is 2.24. The fraction of sp³-hybridized carbons (Fsp3) is 0.333. The van der Waals surface area contributed by atoms with Crippen LogP contribution in [0.25, 0.3) is 0 Å². The number of hydrogen-bond donors (Lipinski definition) is 2. The summed E-state index contributed by atoms with van der Waals surface area (Å²) in [7, 11) is 4.26. The molecule has 0 atom stereocenters. The molecule has 2 amide bonds. The molecule has 1 aliphatic rings. The van der Waals surface area contributed by atoms with Gasteiger partial charge in [0.15, 0.2) is 11.5 Å². The quantitative estimate of drug-likeness (QED) is 0.465. The molecule has 176 valence electrons. The van der Waals surface area contributed by atoms with Crippen molar-refractivity contribution in [1.82, 2.24) is 10.9 Å². The lowest BCUT2D eigenvalue weighted by Crippen LogP contribution is -2.41. The standard InChI is InChI=1S/C21H24N4O8/c1-30-17-11-14(12-18(31-2)19(17)32-3)21(27)23-22-20(26)13-4-5-15(16(10-13)25(28)29)24-6-8-33-9-7-24/h4-5,10-12H,6-9H2,1-3H3,(H,22,26)(H,23,27). The Labute approximate surface area is 189 Å². The number of rotatable bonds is 7. The van der Waals surface area contributed by atoms with Crippen LogP contribution >= 0.6 is 0 Å². The van der Waals surface area contributed by atoms with Gasteiger partial charge < -0.3 is 23.8 Å². The van der Waals surface area contributed by atoms with Crippen molar-refractivity contribution in [3.8, 4) is 17.2 Å². The molecule has 2 N–H and O–H groups in total. The van der Waals surface area contributed by atoms with Gasteiger partial charge in [-0.1, -0.05) is 0 Å². The fourth-order valence-corrected chi connectivity index (χ4v) is 3.35. The number of hydrogen-bond acceptors (Lipinski definition) is 9. The minimum absolute atomic E-state index is 0.0175. The third-order valence-corrected chi connectivity index (χ3v) is 5.00. The van der Waals surface area contributed by atoms with E-state index in [4.69, 9.17) is 18.9 Å². The van der Waals surface area contributed by atoms with Gasteiger partial charge in [0.2, 0.25) is 5.75 Å². The second-order valence-corrected chi connectivity index (χ2v) is 6.88. The first-order chi connectivity index (χ1) is 15.9. The van der Waals surface area contributed by atoms with Crippen LogP contribution in [0.3, 0.4) is 0 Å². The van der Waals surface area contributed by atoms with Crippen molar-refractivity contribution < 1.29 is 33.5 Å². The van der Waals surface area contributed by atoms with Gasteiger partial charge in [-0.25, -0.2) is 0 Å². The lowest BCUT2D eigenvalue weighted by molar-refractivity contribution is -0.384. The summed E-state index contributed by atoms with van der Waals surface area (Å²) in [5.74, 6) is -0.520. The van der Waals surface area contributed by atoms with Gasteiger partial charge in [0.1, 0.15) is 5.69 Å². The number of nitro groups is 1. The van der Waals surface area contributed by atoms with Crippen LogP contribution in [0.4, 0.5) is 11.4 Å². The van der Waals surface area contributed by atoms with E-state index in [1.165, 1.54) is 51.7 Å². The van der Waals surface area contributed by atoms with E-state index in [9.17, 15) is 19.7 Å². The highest BCUT2D eigenvalue weighted by molar-refractivity contribution is 6.00. The Morgan fingerprint density at radius 3 is 2.03 bits per heavy atom. The molecule has 0 radical (unpaired) electrons. The predicted molar refractivity (Wildman–Crippen MR) is 117 cm³/mol. The average Bonchev–Trinajstić information content (AvgIpc) is 2.86. The minimum atomic E-state index is -0.715. The molecule has 0 spiro atoms. The van der Waals surface area contributed by atoms with E-state index >= 15 is 0 Å². The SMILES string of the molecule is COc1cc(C(=O)NNC(=O)c2ccc(N3CCOCC3)c([N+](=O)[O-])c2)cc(OC)c1OC. The normalized spacial score (nSPS) is 13.1. The van der Waals surface area contributed by atoms with Gasteiger partial charge in [-0.15, -0.1) is 0 Å². The Morgan fingerprint density at radius 1 is 0.939 bits per heavy atom. The van der Waals surface area contributed by atoms with E-state index in [0.717, 1.165) is 0 Å². The molecular weight excluding hydrogens is 436 g/mol. The van der Waals surface area contributed by atoms with Crippen molar-refractivity contribution in [3.63, 3.8) is 0 Å². The van der Waals surface area contributed by atoms with Gasteiger partial charge in [-0.05, 0) is 24.3 Å². The summed E-state index contributed by atoms with van der Waals surface area (Å²) < 4.78 is 20.9. The Morgan fingerprint density at radius 2 is 1.52 bits per heavy atom. The summed E-state index contributed by atoms with van der Waals surface area (Å²) in [6.45, 7) is 1.95. The molecule has 0 unspecified atom stereocenters. The second-order valence-electron chi connectivity index (χ2n) is 6.88. The minimum Gasteiger partial charge on any atom is -0.493 e. The first-order valence-electron chi connectivity index (χ1n) is 9.91. The predicted octanol–water partition coefficient (Wildman–Crippen LogP) is 1.53. The van der Waals surface area contributed by atoms with Crippen LogP contribution < -0.4 is 30.0 Å². The lowest BCUT2D eigenvalue weighted by atomic mass is 10.1. The molecule has 0 saturated carbocycles. The zero-order valence-electron chi connectivity index (χ0n) is 18.4. The fourth-order valence-electron chi connectivity index (χ4n) is 3.35. The van der Waals surface area contributed by atoms with Crippen LogP contribution in [0.5, 0.6) is 17.2 Å². The van der Waals surface area contributed by atoms with E-state index in [2.05, 4.69) is 10.9 Å². The second kappa shape index (κ2) is 10.5. The first kappa shape index (κ1) is 23.6. The van der Waals surface area contributed by atoms with Crippen molar-refractivity contribution in [3.05, 3.63) is 51.6 Å². The molecule has 12 heteroatoms. The molecule has 1 aliphatic heterocycles. The average molecular weight is 460 g/mol. The highest BCUT2D eigenvalue weighted by Crippen LogP contribution is 2.38. The van der Waals surface area contributed by atoms with Gasteiger partial charge in [0.25, 0.3) is 17.5 Å². The summed E-state index contributed by atoms with van der Waals surface area (Å²) in [4.78, 5) is 37.9. The van der Waals surface area contributed by atoms with Gasteiger partial charge in [-0.3, -0.25) is 30.6 Å². The van der Waals surface area contributed by atoms with E-state index in [-0.39, 0.29) is 28.3 Å². The summed E-state index contributed by atoms with van der Waals surface area (Å²) in [5.41, 5.74) is 4.89. The number of ether oxygens (including phenoxy) is 4. The number of nitro benzene ring substituents is 1. The third kappa shape index (κ3) is 5.23. The Hall–Kier alpha value is -4.06. The van der Waals surface area contributed by atoms with Crippen LogP contribution in [-0.4, -0.2) is 64.4 Å². The summed E-state index contributed by atoms with van der Waals surface area (Å²) in [6.07, 6.45) is 0. The number of carbonyl (C=O) groups excluding carboxylic acids is 2. The van der Waals surface area contributed by atoms with Crippen LogP contribution in [0.1, 0.15) is 20.7 Å². The summed E-state index contributed by atoms with van der Waals surface area (Å²) in [6, 6.07) is 6.99. The Bertz CT molecular complexity index is 1030. The lowest BCUT2D eigenvalue weighted by Gasteiger charge is -2.28. The Balaban J connectivity index is 1.74. The maximum atomic E-state index is 12.5. The van der Waals surface area contributed by atoms with Crippen molar-refractivity contribution in [2.45, 2.75) is 0 Å². The van der Waals surface area contributed by atoms with Crippen molar-refractivity contribution in [1.29, 1.82) is 0 Å². The maximum absolute atomic E-state index is 12.5. The van der Waals surface area contributed by atoms with Crippen molar-refractivity contribution in [2.75, 3.05) is 52.5 Å². The monoisotopic (exact) mass is 460 g/mol. The number of carbonyl (C=O) groups is 2. The van der Waals surface area contributed by atoms with Crippen molar-refractivity contribution in [2.24, 2.45) is 0 Å². The third-order valence-electron chi connectivity index (χ3n) is 5.00. The van der Waals surface area contributed by atoms with Crippen LogP contribution in [-0.2, 0) is 4.74 Å². The van der Waals surface area contributed by atoms with Gasteiger partial charge in [0.05, 0.1) is 39.5 Å². The maximum Gasteiger partial charge on any atom is 0.293 e. The molecule has 33 heavy (non-hydrogen) atoms. The highest BCUT2D eigenvalue weighted by atomic mass is 16.6. The number of nitrogens with one attached hydrogen (secondary N) is 2. The number of nitrogens with zero attached hydrogens (tertiary/aromatic N) is 2. The number of benzene rings is 2. The van der Waals surface area contributed by atoms with E-state index < -0.39 is 16.7 Å². The number of hydrazine groups is 1. The molecule has 0 aliphatic carbocycles. The van der Waals surface area contributed by atoms with E-state index in [1.807, 2.05) is 4.90 Å². The summed E-state index contributed by atoms with van der Waals surface area (Å²) in [5, 5.41) is 11.6. The van der Waals surface area contributed by atoms with Gasteiger partial charge >= 0.3 is 0 Å². The first-order valence-corrected chi connectivity index (χ1v) is 9.91. The molecule has 12 nitrogen and oxygen atoms in total. The zero-order valence-corrected chi connectivity index (χ0v) is 18.4. The largest absolute Gasteiger partial charge is 0.493 e. The van der Waals surface area contributed by atoms with Crippen LogP contribution in [0, 0.1) is 10.1 Å². The van der Waals surface area contributed by atoms with E-state index in [0.29, 0.717) is 37.7 Å². The van der Waals surface area contributed by atoms with Crippen molar-refractivity contribution >= 4 is 23.2 Å². The van der Waals surface area contributed by atoms with Gasteiger partial charge in [-0.2, -0.15) is 0 Å². The zero-order chi connectivity index (χ0) is 24.0. The molecular formula is C21H24N4O8. The molecule has 3 rings (SSSR count). The van der Waals surface area contributed by atoms with Crippen LogP contribution in [0.15, 0.2) is 30.3 Å². The molecule has 1 fully saturated rings. The molecule has 1 saturated heterocycles.